The van der Waals surface area contributed by atoms with E-state index in [4.69, 9.17) is 16.0 Å². The molecule has 3 heterocycles. The van der Waals surface area contributed by atoms with Crippen molar-refractivity contribution in [2.75, 3.05) is 19.7 Å². The van der Waals surface area contributed by atoms with Gasteiger partial charge < -0.3 is 14.4 Å². The molecule has 0 atom stereocenters. The van der Waals surface area contributed by atoms with Crippen LogP contribution in [-0.4, -0.2) is 34.9 Å². The fraction of sp³-hybridized carbons (Fsp3) is 0.214. The third kappa shape index (κ3) is 1.63. The minimum Gasteiger partial charge on any atom is -0.464 e. The number of aliphatic hydroxyl groups is 1. The van der Waals surface area contributed by atoms with Crippen LogP contribution in [0, 0.1) is 0 Å². The first-order valence-corrected chi connectivity index (χ1v) is 7.49. The maximum Gasteiger partial charge on any atom is 0.168 e. The van der Waals surface area contributed by atoms with E-state index >= 15 is 0 Å². The number of amidine groups is 1. The molecule has 102 valence electrons. The fourth-order valence-corrected chi connectivity index (χ4v) is 3.91. The Bertz CT molecular complexity index is 766. The minimum atomic E-state index is 0.000346. The average molecular weight is 307 g/mol. The Hall–Kier alpha value is -1.43. The van der Waals surface area contributed by atoms with Gasteiger partial charge in [0.15, 0.2) is 5.17 Å². The lowest BCUT2D eigenvalue weighted by atomic mass is 10.1. The molecule has 20 heavy (non-hydrogen) atoms. The zero-order valence-electron chi connectivity index (χ0n) is 10.5. The number of hydrogen-bond donors (Lipinski definition) is 1. The van der Waals surface area contributed by atoms with Gasteiger partial charge in [0.2, 0.25) is 0 Å². The summed E-state index contributed by atoms with van der Waals surface area (Å²) in [5, 5.41) is 12.1. The molecule has 0 amide bonds. The number of fused-ring (bicyclic) bond motifs is 2. The highest BCUT2D eigenvalue weighted by molar-refractivity contribution is 8.17. The summed E-state index contributed by atoms with van der Waals surface area (Å²) in [5.41, 5.74) is 2.70. The first-order valence-electron chi connectivity index (χ1n) is 6.29. The molecule has 0 saturated heterocycles. The highest BCUT2D eigenvalue weighted by Gasteiger charge is 2.33. The molecule has 0 fully saturated rings. The van der Waals surface area contributed by atoms with Gasteiger partial charge in [0.25, 0.3) is 0 Å². The molecule has 1 aromatic heterocycles. The zero-order chi connectivity index (χ0) is 13.7. The summed E-state index contributed by atoms with van der Waals surface area (Å²) >= 11 is 7.72. The third-order valence-electron chi connectivity index (χ3n) is 3.51. The van der Waals surface area contributed by atoms with Gasteiger partial charge in [0, 0.05) is 22.4 Å². The van der Waals surface area contributed by atoms with E-state index in [0.29, 0.717) is 5.02 Å². The number of nitrogens with zero attached hydrogens (tertiary/aromatic N) is 2. The van der Waals surface area contributed by atoms with Crippen LogP contribution in [-0.2, 0) is 0 Å². The van der Waals surface area contributed by atoms with Crippen molar-refractivity contribution in [2.24, 2.45) is 4.99 Å². The summed E-state index contributed by atoms with van der Waals surface area (Å²) in [6.45, 7) is 1.63. The number of hydrogen-bond acceptors (Lipinski definition) is 5. The van der Waals surface area contributed by atoms with E-state index < -0.39 is 0 Å². The van der Waals surface area contributed by atoms with E-state index in [1.165, 1.54) is 11.8 Å². The summed E-state index contributed by atoms with van der Waals surface area (Å²) in [7, 11) is 0. The Balaban J connectivity index is 1.96. The highest BCUT2D eigenvalue weighted by Crippen LogP contribution is 2.44. The molecule has 6 heteroatoms. The smallest absolute Gasteiger partial charge is 0.168 e. The molecule has 0 aliphatic carbocycles. The summed E-state index contributed by atoms with van der Waals surface area (Å²) in [6.07, 6.45) is 1.64. The van der Waals surface area contributed by atoms with E-state index in [1.807, 2.05) is 18.2 Å². The molecule has 2 aliphatic rings. The molecule has 4 rings (SSSR count). The standard InChI is InChI=1S/C14H11ClN2O2S/c15-10-2-1-9(13-8(10)3-6-19-13)12-11(7-18)20-14-16-4-5-17(12)14/h1-3,6,18H,4-5,7H2. The molecule has 0 radical (unpaired) electrons. The zero-order valence-corrected chi connectivity index (χ0v) is 12.0. The number of furan rings is 1. The second-order valence-corrected chi connectivity index (χ2v) is 6.08. The van der Waals surface area contributed by atoms with Crippen LogP contribution >= 0.6 is 23.4 Å². The van der Waals surface area contributed by atoms with Crippen LogP contribution in [0.15, 0.2) is 38.8 Å². The fourth-order valence-electron chi connectivity index (χ4n) is 2.65. The molecular formula is C14H11ClN2O2S. The monoisotopic (exact) mass is 306 g/mol. The van der Waals surface area contributed by atoms with Gasteiger partial charge in [-0.25, -0.2) is 0 Å². The molecule has 1 N–H and O–H groups in total. The number of halogens is 1. The Morgan fingerprint density at radius 2 is 2.30 bits per heavy atom. The second-order valence-electron chi connectivity index (χ2n) is 4.61. The van der Waals surface area contributed by atoms with Crippen LogP contribution in [0.3, 0.4) is 0 Å². The van der Waals surface area contributed by atoms with Crippen LogP contribution in [0.1, 0.15) is 5.56 Å². The van der Waals surface area contributed by atoms with Crippen LogP contribution in [0.4, 0.5) is 0 Å². The Morgan fingerprint density at radius 1 is 1.40 bits per heavy atom. The predicted molar refractivity (Wildman–Crippen MR) is 81.8 cm³/mol. The lowest BCUT2D eigenvalue weighted by Gasteiger charge is -2.17. The molecule has 2 aromatic rings. The summed E-state index contributed by atoms with van der Waals surface area (Å²) in [5.74, 6) is 0. The van der Waals surface area contributed by atoms with E-state index in [0.717, 1.165) is 45.4 Å². The van der Waals surface area contributed by atoms with Gasteiger partial charge in [-0.15, -0.1) is 0 Å². The first kappa shape index (κ1) is 12.3. The molecule has 0 spiro atoms. The van der Waals surface area contributed by atoms with Crippen molar-refractivity contribution in [3.63, 3.8) is 0 Å². The van der Waals surface area contributed by atoms with Crippen molar-refractivity contribution >= 4 is 45.2 Å². The quantitative estimate of drug-likeness (QED) is 0.926. The van der Waals surface area contributed by atoms with Crippen LogP contribution < -0.4 is 0 Å². The molecule has 2 aliphatic heterocycles. The number of thioether (sulfide) groups is 1. The molecular weight excluding hydrogens is 296 g/mol. The summed E-state index contributed by atoms with van der Waals surface area (Å²) < 4.78 is 5.61. The highest BCUT2D eigenvalue weighted by atomic mass is 35.5. The van der Waals surface area contributed by atoms with E-state index in [9.17, 15) is 5.11 Å². The van der Waals surface area contributed by atoms with Gasteiger partial charge in [0.1, 0.15) is 5.58 Å². The number of rotatable bonds is 2. The second kappa shape index (κ2) is 4.55. The number of benzene rings is 1. The van der Waals surface area contributed by atoms with Crippen molar-refractivity contribution in [3.8, 4) is 0 Å². The number of aliphatic imine (C=N–C) groups is 1. The Morgan fingerprint density at radius 3 is 3.15 bits per heavy atom. The predicted octanol–water partition coefficient (Wildman–Crippen LogP) is 3.17. The molecule has 0 unspecified atom stereocenters. The van der Waals surface area contributed by atoms with Crippen molar-refractivity contribution in [1.29, 1.82) is 0 Å². The topological polar surface area (TPSA) is 49.0 Å². The SMILES string of the molecule is OCC1=C(c2ccc(Cl)c3ccoc23)N2CCN=C2S1. The van der Waals surface area contributed by atoms with E-state index in [2.05, 4.69) is 9.89 Å². The average Bonchev–Trinajstić information content (AvgIpc) is 3.14. The molecule has 0 bridgehead atoms. The third-order valence-corrected chi connectivity index (χ3v) is 4.94. The first-order chi connectivity index (χ1) is 9.79. The minimum absolute atomic E-state index is 0.000346. The van der Waals surface area contributed by atoms with E-state index in [-0.39, 0.29) is 6.61 Å². The normalized spacial score (nSPS) is 18.1. The van der Waals surface area contributed by atoms with Gasteiger partial charge in [-0.05, 0) is 18.2 Å². The Labute approximate surface area is 124 Å². The molecule has 1 aromatic carbocycles. The van der Waals surface area contributed by atoms with Crippen molar-refractivity contribution in [2.45, 2.75) is 0 Å². The molecule has 0 saturated carbocycles. The summed E-state index contributed by atoms with van der Waals surface area (Å²) in [4.78, 5) is 7.50. The largest absolute Gasteiger partial charge is 0.464 e. The van der Waals surface area contributed by atoms with Gasteiger partial charge in [0.05, 0.1) is 30.1 Å². The van der Waals surface area contributed by atoms with Crippen molar-refractivity contribution in [1.82, 2.24) is 4.90 Å². The van der Waals surface area contributed by atoms with Crippen molar-refractivity contribution < 1.29 is 9.52 Å². The van der Waals surface area contributed by atoms with Gasteiger partial charge in [-0.2, -0.15) is 0 Å². The van der Waals surface area contributed by atoms with Crippen LogP contribution in [0.25, 0.3) is 16.7 Å². The summed E-state index contributed by atoms with van der Waals surface area (Å²) in [6, 6.07) is 5.68. The molecule has 4 nitrogen and oxygen atoms in total. The van der Waals surface area contributed by atoms with Gasteiger partial charge >= 0.3 is 0 Å². The van der Waals surface area contributed by atoms with Gasteiger partial charge in [-0.3, -0.25) is 4.99 Å². The van der Waals surface area contributed by atoms with Gasteiger partial charge in [-0.1, -0.05) is 23.4 Å². The number of aliphatic hydroxyl groups excluding tert-OH is 1. The lowest BCUT2D eigenvalue weighted by molar-refractivity contribution is 0.339. The lowest BCUT2D eigenvalue weighted by Crippen LogP contribution is -2.20. The maximum atomic E-state index is 9.61. The maximum absolute atomic E-state index is 9.61. The van der Waals surface area contributed by atoms with E-state index in [1.54, 1.807) is 6.26 Å². The van der Waals surface area contributed by atoms with Crippen LogP contribution in [0.2, 0.25) is 5.02 Å². The van der Waals surface area contributed by atoms with Crippen LogP contribution in [0.5, 0.6) is 0 Å². The van der Waals surface area contributed by atoms with Crippen molar-refractivity contribution in [3.05, 3.63) is 40.0 Å². The Kier molecular flexibility index (Phi) is 2.80.